The fourth-order valence-electron chi connectivity index (χ4n) is 4.68. The number of thiocarbonyl (C=S) groups is 1. The van der Waals surface area contributed by atoms with Crippen LogP contribution in [0.3, 0.4) is 0 Å². The number of anilines is 2. The number of benzene rings is 4. The highest BCUT2D eigenvalue weighted by Gasteiger charge is 2.41. The SMILES string of the molecule is CCOc1cc(C=C2C(=O)N(c3ccc(C)cc3)C(=S)N(c3ccc(C)cc3)C2=O)cc(Br)c1OCc1ccc([N+](=O)[O-])cc1. The first-order valence-corrected chi connectivity index (χ1v) is 15.2. The normalized spacial score (nSPS) is 13.2. The quantitative estimate of drug-likeness (QED) is 0.0585. The fraction of sp³-hybridized carbons (Fsp3) is 0.147. The van der Waals surface area contributed by atoms with Gasteiger partial charge in [-0.1, -0.05) is 35.4 Å². The molecule has 1 saturated heterocycles. The number of carbonyl (C=O) groups is 2. The highest BCUT2D eigenvalue weighted by molar-refractivity contribution is 9.10. The number of hydrogen-bond donors (Lipinski definition) is 0. The first-order chi connectivity index (χ1) is 21.6. The molecule has 0 radical (unpaired) electrons. The lowest BCUT2D eigenvalue weighted by Crippen LogP contribution is -2.56. The highest BCUT2D eigenvalue weighted by atomic mass is 79.9. The number of nitro benzene ring substituents is 1. The predicted molar refractivity (Wildman–Crippen MR) is 181 cm³/mol. The van der Waals surface area contributed by atoms with Gasteiger partial charge in [-0.15, -0.1) is 0 Å². The summed E-state index contributed by atoms with van der Waals surface area (Å²) in [4.78, 5) is 41.2. The Balaban J connectivity index is 1.53. The largest absolute Gasteiger partial charge is 0.490 e. The van der Waals surface area contributed by atoms with Gasteiger partial charge in [-0.05, 0) is 115 Å². The number of aryl methyl sites for hydroxylation is 2. The van der Waals surface area contributed by atoms with Crippen molar-refractivity contribution < 1.29 is 24.0 Å². The summed E-state index contributed by atoms with van der Waals surface area (Å²) in [5.74, 6) is -0.311. The van der Waals surface area contributed by atoms with E-state index in [2.05, 4.69) is 15.9 Å². The molecule has 0 spiro atoms. The van der Waals surface area contributed by atoms with Gasteiger partial charge in [0.2, 0.25) is 0 Å². The van der Waals surface area contributed by atoms with E-state index in [0.717, 1.165) is 16.7 Å². The second kappa shape index (κ2) is 13.4. The van der Waals surface area contributed by atoms with Crippen molar-refractivity contribution >= 4 is 68.2 Å². The van der Waals surface area contributed by atoms with Crippen LogP contribution in [0.2, 0.25) is 0 Å². The summed E-state index contributed by atoms with van der Waals surface area (Å²) in [7, 11) is 0. The zero-order chi connectivity index (χ0) is 32.2. The van der Waals surface area contributed by atoms with Crippen molar-refractivity contribution in [1.82, 2.24) is 0 Å². The standard InChI is InChI=1S/C34H28BrN3O6S/c1-4-43-30-19-24(18-29(35)31(30)44-20-23-9-15-27(16-10-23)38(41)42)17-28-32(39)36(25-11-5-21(2)6-12-25)34(45)37(33(28)40)26-13-7-22(3)8-14-26/h5-19H,4,20H2,1-3H3. The van der Waals surface area contributed by atoms with Crippen LogP contribution in [0, 0.1) is 24.0 Å². The summed E-state index contributed by atoms with van der Waals surface area (Å²) in [5, 5.41) is 11.0. The molecule has 5 rings (SSSR count). The molecule has 228 valence electrons. The molecule has 4 aromatic rings. The van der Waals surface area contributed by atoms with Gasteiger partial charge in [0, 0.05) is 12.1 Å². The van der Waals surface area contributed by atoms with Crippen LogP contribution >= 0.6 is 28.1 Å². The van der Waals surface area contributed by atoms with Crippen LogP contribution in [0.5, 0.6) is 11.5 Å². The monoisotopic (exact) mass is 685 g/mol. The highest BCUT2D eigenvalue weighted by Crippen LogP contribution is 2.39. The van der Waals surface area contributed by atoms with Gasteiger partial charge >= 0.3 is 0 Å². The Hall–Kier alpha value is -4.87. The van der Waals surface area contributed by atoms with Gasteiger partial charge < -0.3 is 9.47 Å². The molecule has 2 amide bonds. The van der Waals surface area contributed by atoms with Gasteiger partial charge in [-0.25, -0.2) is 0 Å². The number of rotatable bonds is 9. The lowest BCUT2D eigenvalue weighted by atomic mass is 10.0. The smallest absolute Gasteiger partial charge is 0.270 e. The van der Waals surface area contributed by atoms with E-state index >= 15 is 0 Å². The number of nitro groups is 1. The third-order valence-electron chi connectivity index (χ3n) is 7.01. The number of amides is 2. The molecule has 0 atom stereocenters. The van der Waals surface area contributed by atoms with Crippen LogP contribution in [0.15, 0.2) is 95.0 Å². The third kappa shape index (κ3) is 6.79. The summed E-state index contributed by atoms with van der Waals surface area (Å²) in [6.07, 6.45) is 1.52. The molecule has 0 saturated carbocycles. The van der Waals surface area contributed by atoms with Gasteiger partial charge in [-0.3, -0.25) is 29.5 Å². The van der Waals surface area contributed by atoms with Gasteiger partial charge in [0.05, 0.1) is 27.4 Å². The molecule has 1 heterocycles. The Morgan fingerprint density at radius 1 is 0.844 bits per heavy atom. The van der Waals surface area contributed by atoms with Crippen molar-refractivity contribution in [2.45, 2.75) is 27.4 Å². The minimum atomic E-state index is -0.551. The maximum atomic E-state index is 14.0. The molecule has 45 heavy (non-hydrogen) atoms. The third-order valence-corrected chi connectivity index (χ3v) is 7.96. The predicted octanol–water partition coefficient (Wildman–Crippen LogP) is 7.70. The van der Waals surface area contributed by atoms with Gasteiger partial charge in [0.1, 0.15) is 12.2 Å². The summed E-state index contributed by atoms with van der Waals surface area (Å²) >= 11 is 9.29. The van der Waals surface area contributed by atoms with Crippen LogP contribution in [-0.4, -0.2) is 28.5 Å². The van der Waals surface area contributed by atoms with Gasteiger partial charge in [-0.2, -0.15) is 0 Å². The Morgan fingerprint density at radius 2 is 1.38 bits per heavy atom. The van der Waals surface area contributed by atoms with Crippen LogP contribution in [0.4, 0.5) is 17.1 Å². The Morgan fingerprint density at radius 3 is 1.87 bits per heavy atom. The average Bonchev–Trinajstić information content (AvgIpc) is 3.01. The summed E-state index contributed by atoms with van der Waals surface area (Å²) in [6, 6.07) is 24.2. The van der Waals surface area contributed by atoms with E-state index in [-0.39, 0.29) is 23.0 Å². The van der Waals surface area contributed by atoms with Crippen LogP contribution < -0.4 is 19.3 Å². The number of halogens is 1. The summed E-state index contributed by atoms with van der Waals surface area (Å²) < 4.78 is 12.5. The number of nitrogens with zero attached hydrogens (tertiary/aromatic N) is 3. The maximum Gasteiger partial charge on any atom is 0.270 e. The lowest BCUT2D eigenvalue weighted by molar-refractivity contribution is -0.384. The fourth-order valence-corrected chi connectivity index (χ4v) is 5.63. The first kappa shape index (κ1) is 31.6. The molecule has 0 unspecified atom stereocenters. The zero-order valence-corrected chi connectivity index (χ0v) is 27.1. The molecule has 0 N–H and O–H groups in total. The van der Waals surface area contributed by atoms with Crippen molar-refractivity contribution in [3.63, 3.8) is 0 Å². The molecular weight excluding hydrogens is 658 g/mol. The molecule has 4 aromatic carbocycles. The summed E-state index contributed by atoms with van der Waals surface area (Å²) in [5.41, 5.74) is 4.25. The number of non-ortho nitro benzene ring substituents is 1. The molecule has 1 fully saturated rings. The molecule has 0 aliphatic carbocycles. The van der Waals surface area contributed by atoms with Crippen LogP contribution in [-0.2, 0) is 16.2 Å². The molecule has 11 heteroatoms. The maximum absolute atomic E-state index is 14.0. The number of hydrogen-bond acceptors (Lipinski definition) is 7. The Labute approximate surface area is 274 Å². The van der Waals surface area contributed by atoms with Crippen LogP contribution in [0.25, 0.3) is 6.08 Å². The second-order valence-corrected chi connectivity index (χ2v) is 11.5. The minimum absolute atomic E-state index is 0.0122. The van der Waals surface area contributed by atoms with Gasteiger partial charge in [0.15, 0.2) is 16.6 Å². The van der Waals surface area contributed by atoms with Crippen molar-refractivity contribution in [3.8, 4) is 11.5 Å². The van der Waals surface area contributed by atoms with E-state index in [0.29, 0.717) is 39.5 Å². The van der Waals surface area contributed by atoms with E-state index in [9.17, 15) is 19.7 Å². The topological polar surface area (TPSA) is 102 Å². The molecule has 9 nitrogen and oxygen atoms in total. The number of carbonyl (C=O) groups excluding carboxylic acids is 2. The van der Waals surface area contributed by atoms with Crippen LogP contribution in [0.1, 0.15) is 29.2 Å². The Kier molecular flexibility index (Phi) is 9.40. The van der Waals surface area contributed by atoms with Crippen molar-refractivity contribution in [2.24, 2.45) is 0 Å². The molecule has 1 aliphatic rings. The number of ether oxygens (including phenoxy) is 2. The van der Waals surface area contributed by atoms with E-state index < -0.39 is 16.7 Å². The lowest BCUT2D eigenvalue weighted by Gasteiger charge is -2.36. The zero-order valence-electron chi connectivity index (χ0n) is 24.7. The molecular formula is C34H28BrN3O6S. The van der Waals surface area contributed by atoms with Gasteiger partial charge in [0.25, 0.3) is 17.5 Å². The second-order valence-electron chi connectivity index (χ2n) is 10.3. The Bertz CT molecular complexity index is 1750. The minimum Gasteiger partial charge on any atom is -0.490 e. The molecule has 0 aromatic heterocycles. The molecule has 1 aliphatic heterocycles. The van der Waals surface area contributed by atoms with E-state index in [1.807, 2.05) is 45.0 Å². The van der Waals surface area contributed by atoms with E-state index in [1.54, 1.807) is 48.5 Å². The van der Waals surface area contributed by atoms with Crippen molar-refractivity contribution in [3.05, 3.63) is 127 Å². The molecule has 0 bridgehead atoms. The first-order valence-electron chi connectivity index (χ1n) is 14.0. The average molecular weight is 687 g/mol. The van der Waals surface area contributed by atoms with Crippen molar-refractivity contribution in [2.75, 3.05) is 16.4 Å². The van der Waals surface area contributed by atoms with E-state index in [4.69, 9.17) is 21.7 Å². The van der Waals surface area contributed by atoms with E-state index in [1.165, 1.54) is 28.0 Å². The van der Waals surface area contributed by atoms with Crippen molar-refractivity contribution in [1.29, 1.82) is 0 Å². The summed E-state index contributed by atoms with van der Waals surface area (Å²) in [6.45, 7) is 6.17.